The number of benzene rings is 2. The van der Waals surface area contributed by atoms with E-state index in [1.807, 2.05) is 6.92 Å². The van der Waals surface area contributed by atoms with Gasteiger partial charge in [-0.25, -0.2) is 4.39 Å². The summed E-state index contributed by atoms with van der Waals surface area (Å²) in [5.74, 6) is 0.0893. The lowest BCUT2D eigenvalue weighted by atomic mass is 10.1. The summed E-state index contributed by atoms with van der Waals surface area (Å²) in [6, 6.07) is 9.31. The number of amides is 2. The van der Waals surface area contributed by atoms with Crippen molar-refractivity contribution in [1.29, 1.82) is 0 Å². The highest BCUT2D eigenvalue weighted by Crippen LogP contribution is 2.39. The van der Waals surface area contributed by atoms with E-state index in [9.17, 15) is 14.0 Å². The molecule has 32 heavy (non-hydrogen) atoms. The monoisotopic (exact) mass is 479 g/mol. The molecule has 170 valence electrons. The largest absolute Gasteiger partial charge is 0.490 e. The second-order valence-corrected chi connectivity index (χ2v) is 8.26. The molecule has 1 saturated heterocycles. The molecule has 9 heteroatoms. The number of carbonyl (C=O) groups is 2. The molecule has 3 rings (SSSR count). The molecular formula is C23H23ClFNO5S. The second kappa shape index (κ2) is 11.4. The molecule has 2 amide bonds. The van der Waals surface area contributed by atoms with Crippen LogP contribution in [-0.4, -0.2) is 42.9 Å². The third-order valence-corrected chi connectivity index (χ3v) is 5.72. The highest BCUT2D eigenvalue weighted by molar-refractivity contribution is 8.18. The first-order chi connectivity index (χ1) is 15.4. The lowest BCUT2D eigenvalue weighted by molar-refractivity contribution is -0.122. The van der Waals surface area contributed by atoms with E-state index in [4.69, 9.17) is 25.8 Å². The van der Waals surface area contributed by atoms with Gasteiger partial charge in [0.2, 0.25) is 0 Å². The molecule has 1 aliphatic heterocycles. The van der Waals surface area contributed by atoms with Crippen molar-refractivity contribution in [3.63, 3.8) is 0 Å². The molecule has 0 spiro atoms. The molecular weight excluding hydrogens is 457 g/mol. The van der Waals surface area contributed by atoms with Crippen LogP contribution in [0.25, 0.3) is 6.08 Å². The highest BCUT2D eigenvalue weighted by Gasteiger charge is 2.34. The Morgan fingerprint density at radius 3 is 2.59 bits per heavy atom. The predicted octanol–water partition coefficient (Wildman–Crippen LogP) is 5.53. The molecule has 0 N–H and O–H groups in total. The van der Waals surface area contributed by atoms with Crippen LogP contribution < -0.4 is 9.47 Å². The number of methoxy groups -OCH3 is 1. The number of hydrogen-bond acceptors (Lipinski definition) is 6. The molecule has 1 fully saturated rings. The Hall–Kier alpha value is -2.55. The lowest BCUT2D eigenvalue weighted by Gasteiger charge is -2.15. The van der Waals surface area contributed by atoms with Gasteiger partial charge in [-0.15, -0.1) is 0 Å². The van der Waals surface area contributed by atoms with Crippen molar-refractivity contribution in [3.05, 3.63) is 63.3 Å². The molecule has 0 unspecified atom stereocenters. The number of nitrogens with zero attached hydrogens (tertiary/aromatic N) is 1. The Labute approximate surface area is 195 Å². The highest BCUT2D eigenvalue weighted by atomic mass is 35.5. The van der Waals surface area contributed by atoms with Gasteiger partial charge in [0.1, 0.15) is 12.4 Å². The maximum absolute atomic E-state index is 13.1. The predicted molar refractivity (Wildman–Crippen MR) is 123 cm³/mol. The van der Waals surface area contributed by atoms with Crippen LogP contribution in [0.3, 0.4) is 0 Å². The SMILES string of the molecule is CCOc1cc(/C=C2/SC(=O)N(CCCOC)C2=O)cc(Cl)c1OCc1ccc(F)cc1. The number of thioether (sulfide) groups is 1. The zero-order valence-corrected chi connectivity index (χ0v) is 19.3. The van der Waals surface area contributed by atoms with Crippen molar-refractivity contribution < 1.29 is 28.2 Å². The molecule has 6 nitrogen and oxygen atoms in total. The molecule has 0 aromatic heterocycles. The fourth-order valence-corrected chi connectivity index (χ4v) is 4.16. The van der Waals surface area contributed by atoms with Crippen LogP contribution in [0, 0.1) is 5.82 Å². The minimum Gasteiger partial charge on any atom is -0.490 e. The summed E-state index contributed by atoms with van der Waals surface area (Å²) in [7, 11) is 1.57. The van der Waals surface area contributed by atoms with Gasteiger partial charge in [0.15, 0.2) is 11.5 Å². The fourth-order valence-electron chi connectivity index (χ4n) is 3.02. The maximum Gasteiger partial charge on any atom is 0.293 e. The summed E-state index contributed by atoms with van der Waals surface area (Å²) in [6.45, 7) is 3.16. The minimum absolute atomic E-state index is 0.180. The number of hydrogen-bond donors (Lipinski definition) is 0. The number of ether oxygens (including phenoxy) is 3. The maximum atomic E-state index is 13.1. The zero-order valence-electron chi connectivity index (χ0n) is 17.7. The Kier molecular flexibility index (Phi) is 8.55. The molecule has 0 aliphatic carbocycles. The quantitative estimate of drug-likeness (QED) is 0.330. The first kappa shape index (κ1) is 24.1. The first-order valence-corrected chi connectivity index (χ1v) is 11.2. The zero-order chi connectivity index (χ0) is 23.1. The molecule has 0 radical (unpaired) electrons. The Morgan fingerprint density at radius 1 is 1.16 bits per heavy atom. The molecule has 2 aromatic rings. The Bertz CT molecular complexity index is 1010. The molecule has 1 heterocycles. The van der Waals surface area contributed by atoms with Gasteiger partial charge in [0.25, 0.3) is 11.1 Å². The average Bonchev–Trinajstić information content (AvgIpc) is 3.02. The van der Waals surface area contributed by atoms with Gasteiger partial charge in [0.05, 0.1) is 16.5 Å². The molecule has 0 saturated carbocycles. The standard InChI is InChI=1S/C23H23ClFNO5S/c1-3-30-19-12-16(13-20-22(27)26(23(28)32-20)9-4-10-29-2)11-18(24)21(19)31-14-15-5-7-17(25)8-6-15/h5-8,11-13H,3-4,9-10,14H2,1-2H3/b20-13+. The summed E-state index contributed by atoms with van der Waals surface area (Å²) in [5, 5.41) is -0.0173. The van der Waals surface area contributed by atoms with Crippen molar-refractivity contribution in [3.8, 4) is 11.5 Å². The third-order valence-electron chi connectivity index (χ3n) is 4.53. The topological polar surface area (TPSA) is 65.1 Å². The van der Waals surface area contributed by atoms with Gasteiger partial charge in [-0.2, -0.15) is 0 Å². The van der Waals surface area contributed by atoms with Crippen LogP contribution in [-0.2, 0) is 16.1 Å². The third kappa shape index (κ3) is 6.03. The van der Waals surface area contributed by atoms with Gasteiger partial charge in [0, 0.05) is 20.3 Å². The van der Waals surface area contributed by atoms with Crippen molar-refractivity contribution in [2.75, 3.05) is 26.9 Å². The summed E-state index contributed by atoms with van der Waals surface area (Å²) >= 11 is 7.33. The van der Waals surface area contributed by atoms with Crippen LogP contribution in [0.15, 0.2) is 41.3 Å². The van der Waals surface area contributed by atoms with E-state index in [2.05, 4.69) is 0 Å². The molecule has 0 bridgehead atoms. The number of imide groups is 1. The smallest absolute Gasteiger partial charge is 0.293 e. The van der Waals surface area contributed by atoms with E-state index < -0.39 is 0 Å². The summed E-state index contributed by atoms with van der Waals surface area (Å²) in [5.41, 5.74) is 1.38. The number of rotatable bonds is 10. The van der Waals surface area contributed by atoms with Gasteiger partial charge in [-0.3, -0.25) is 14.5 Å². The van der Waals surface area contributed by atoms with Crippen LogP contribution >= 0.6 is 23.4 Å². The first-order valence-electron chi connectivity index (χ1n) is 10.0. The summed E-state index contributed by atoms with van der Waals surface area (Å²) in [6.07, 6.45) is 2.18. The molecule has 1 aliphatic rings. The van der Waals surface area contributed by atoms with E-state index in [-0.39, 0.29) is 23.6 Å². The van der Waals surface area contributed by atoms with Crippen molar-refractivity contribution in [1.82, 2.24) is 4.90 Å². The Balaban J connectivity index is 1.80. The summed E-state index contributed by atoms with van der Waals surface area (Å²) < 4.78 is 29.6. The van der Waals surface area contributed by atoms with E-state index in [1.54, 1.807) is 37.5 Å². The average molecular weight is 480 g/mol. The van der Waals surface area contributed by atoms with Gasteiger partial charge < -0.3 is 14.2 Å². The van der Waals surface area contributed by atoms with E-state index in [0.717, 1.165) is 17.3 Å². The summed E-state index contributed by atoms with van der Waals surface area (Å²) in [4.78, 5) is 26.3. The van der Waals surface area contributed by atoms with Crippen LogP contribution in [0.4, 0.5) is 9.18 Å². The van der Waals surface area contributed by atoms with Gasteiger partial charge >= 0.3 is 0 Å². The van der Waals surface area contributed by atoms with E-state index in [1.165, 1.54) is 17.0 Å². The van der Waals surface area contributed by atoms with Crippen LogP contribution in [0.5, 0.6) is 11.5 Å². The van der Waals surface area contributed by atoms with Crippen molar-refractivity contribution >= 4 is 40.6 Å². The minimum atomic E-state index is -0.346. The van der Waals surface area contributed by atoms with Crippen LogP contribution in [0.1, 0.15) is 24.5 Å². The van der Waals surface area contributed by atoms with Gasteiger partial charge in [-0.05, 0) is 66.6 Å². The normalized spacial score (nSPS) is 15.0. The molecule has 0 atom stereocenters. The van der Waals surface area contributed by atoms with E-state index in [0.29, 0.717) is 53.2 Å². The lowest BCUT2D eigenvalue weighted by Crippen LogP contribution is -2.29. The van der Waals surface area contributed by atoms with Crippen LogP contribution in [0.2, 0.25) is 5.02 Å². The Morgan fingerprint density at radius 2 is 1.91 bits per heavy atom. The second-order valence-electron chi connectivity index (χ2n) is 6.86. The number of halogens is 2. The van der Waals surface area contributed by atoms with E-state index >= 15 is 0 Å². The number of carbonyl (C=O) groups excluding carboxylic acids is 2. The van der Waals surface area contributed by atoms with Crippen molar-refractivity contribution in [2.24, 2.45) is 0 Å². The van der Waals surface area contributed by atoms with Crippen molar-refractivity contribution in [2.45, 2.75) is 20.0 Å². The van der Waals surface area contributed by atoms with Gasteiger partial charge in [-0.1, -0.05) is 23.7 Å². The molecule has 2 aromatic carbocycles. The fraction of sp³-hybridized carbons (Fsp3) is 0.304.